The minimum Gasteiger partial charge on any atom is -0.479 e. The molecule has 2 amide bonds. The Hall–Kier alpha value is -3.00. The number of H-pyrrole nitrogens is 1. The number of aromatic nitrogens is 2. The minimum atomic E-state index is -0.524. The van der Waals surface area contributed by atoms with Crippen LogP contribution in [0, 0.1) is 0 Å². The molecule has 28 heavy (non-hydrogen) atoms. The number of amides is 2. The first-order valence-corrected chi connectivity index (χ1v) is 10.0. The van der Waals surface area contributed by atoms with Gasteiger partial charge in [-0.25, -0.2) is 4.98 Å². The monoisotopic (exact) mass is 396 g/mol. The van der Waals surface area contributed by atoms with Crippen LogP contribution in [0.1, 0.15) is 24.9 Å². The molecule has 2 heterocycles. The molecule has 144 valence electrons. The summed E-state index contributed by atoms with van der Waals surface area (Å²) >= 11 is 1.50. The Balaban J connectivity index is 1.35. The largest absolute Gasteiger partial charge is 0.479 e. The number of carbonyl (C=O) groups excluding carboxylic acids is 2. The van der Waals surface area contributed by atoms with Crippen molar-refractivity contribution in [3.05, 3.63) is 48.3 Å². The molecule has 0 unspecified atom stereocenters. The van der Waals surface area contributed by atoms with Gasteiger partial charge in [0.15, 0.2) is 6.10 Å². The number of hydrogen-bond donors (Lipinski definition) is 3. The molecule has 2 aromatic carbocycles. The van der Waals surface area contributed by atoms with E-state index in [1.807, 2.05) is 31.2 Å². The second-order valence-corrected chi connectivity index (χ2v) is 7.93. The summed E-state index contributed by atoms with van der Waals surface area (Å²) < 4.78 is 5.52. The number of fused-ring (bicyclic) bond motifs is 2. The van der Waals surface area contributed by atoms with Crippen LogP contribution in [0.15, 0.2) is 42.5 Å². The van der Waals surface area contributed by atoms with Crippen LogP contribution < -0.4 is 15.4 Å². The van der Waals surface area contributed by atoms with E-state index in [4.69, 9.17) is 4.74 Å². The molecule has 8 heteroatoms. The lowest BCUT2D eigenvalue weighted by Crippen LogP contribution is -2.34. The maximum Gasteiger partial charge on any atom is 0.265 e. The molecule has 1 aliphatic heterocycles. The van der Waals surface area contributed by atoms with E-state index in [0.29, 0.717) is 17.1 Å². The van der Waals surface area contributed by atoms with Gasteiger partial charge < -0.3 is 20.4 Å². The molecular weight excluding hydrogens is 376 g/mol. The quantitative estimate of drug-likeness (QED) is 0.611. The molecule has 0 fully saturated rings. The third-order valence-corrected chi connectivity index (χ3v) is 5.60. The van der Waals surface area contributed by atoms with Gasteiger partial charge in [0.1, 0.15) is 11.6 Å². The Kier molecular flexibility index (Phi) is 4.95. The van der Waals surface area contributed by atoms with Gasteiger partial charge in [-0.1, -0.05) is 12.1 Å². The molecule has 0 saturated carbocycles. The molecule has 3 aromatic rings. The molecular formula is C20H20N4O3S. The van der Waals surface area contributed by atoms with E-state index in [-0.39, 0.29) is 22.8 Å². The van der Waals surface area contributed by atoms with Crippen LogP contribution in [0.5, 0.6) is 5.75 Å². The van der Waals surface area contributed by atoms with Crippen LogP contribution in [-0.2, 0) is 9.59 Å². The normalized spacial score (nSPS) is 16.8. The number of benzene rings is 2. The molecule has 0 spiro atoms. The van der Waals surface area contributed by atoms with E-state index in [1.165, 1.54) is 11.8 Å². The number of nitrogens with zero attached hydrogens (tertiary/aromatic N) is 1. The standard InChI is InChI=1S/C20H20N4O3S/c1-11-20(26)24-16-9-13(7-8-17(16)27-11)21-18(25)10-28-12(2)19-22-14-5-3-4-6-15(14)23-19/h3-9,11-12H,10H2,1-2H3,(H,21,25)(H,22,23)(H,24,26)/t11-,12-/m0/s1. The van der Waals surface area contributed by atoms with Crippen molar-refractivity contribution in [2.45, 2.75) is 25.2 Å². The average molecular weight is 396 g/mol. The zero-order valence-electron chi connectivity index (χ0n) is 15.5. The highest BCUT2D eigenvalue weighted by Crippen LogP contribution is 2.32. The predicted molar refractivity (Wildman–Crippen MR) is 111 cm³/mol. The molecule has 2 atom stereocenters. The first-order valence-electron chi connectivity index (χ1n) is 8.97. The second-order valence-electron chi connectivity index (χ2n) is 6.60. The summed E-state index contributed by atoms with van der Waals surface area (Å²) in [6, 6.07) is 13.0. The molecule has 0 saturated heterocycles. The fraction of sp³-hybridized carbons (Fsp3) is 0.250. The summed E-state index contributed by atoms with van der Waals surface area (Å²) in [7, 11) is 0. The molecule has 0 bridgehead atoms. The molecule has 4 rings (SSSR count). The number of thioether (sulfide) groups is 1. The van der Waals surface area contributed by atoms with E-state index >= 15 is 0 Å². The van der Waals surface area contributed by atoms with Crippen molar-refractivity contribution in [3.8, 4) is 5.75 Å². The third-order valence-electron chi connectivity index (χ3n) is 4.45. The van der Waals surface area contributed by atoms with Gasteiger partial charge in [0.2, 0.25) is 5.91 Å². The molecule has 0 aliphatic carbocycles. The van der Waals surface area contributed by atoms with Gasteiger partial charge in [0.25, 0.3) is 5.91 Å². The lowest BCUT2D eigenvalue weighted by molar-refractivity contribution is -0.122. The number of carbonyl (C=O) groups is 2. The number of nitrogens with one attached hydrogen (secondary N) is 3. The zero-order chi connectivity index (χ0) is 19.7. The van der Waals surface area contributed by atoms with Crippen molar-refractivity contribution in [2.75, 3.05) is 16.4 Å². The first kappa shape index (κ1) is 18.4. The summed E-state index contributed by atoms with van der Waals surface area (Å²) in [4.78, 5) is 31.9. The summed E-state index contributed by atoms with van der Waals surface area (Å²) in [6.45, 7) is 3.71. The Morgan fingerprint density at radius 2 is 2.14 bits per heavy atom. The highest BCUT2D eigenvalue weighted by atomic mass is 32.2. The van der Waals surface area contributed by atoms with E-state index in [9.17, 15) is 9.59 Å². The van der Waals surface area contributed by atoms with Crippen molar-refractivity contribution in [1.29, 1.82) is 0 Å². The van der Waals surface area contributed by atoms with Gasteiger partial charge in [-0.2, -0.15) is 0 Å². The fourth-order valence-corrected chi connectivity index (χ4v) is 3.67. The van der Waals surface area contributed by atoms with Crippen molar-refractivity contribution < 1.29 is 14.3 Å². The number of rotatable bonds is 5. The van der Waals surface area contributed by atoms with Gasteiger partial charge >= 0.3 is 0 Å². The first-order chi connectivity index (χ1) is 13.5. The average Bonchev–Trinajstić information content (AvgIpc) is 3.11. The van der Waals surface area contributed by atoms with Crippen LogP contribution in [0.3, 0.4) is 0 Å². The topological polar surface area (TPSA) is 96.1 Å². The molecule has 1 aromatic heterocycles. The van der Waals surface area contributed by atoms with Gasteiger partial charge in [-0.05, 0) is 44.2 Å². The van der Waals surface area contributed by atoms with E-state index < -0.39 is 6.10 Å². The van der Waals surface area contributed by atoms with Crippen LogP contribution in [0.4, 0.5) is 11.4 Å². The SMILES string of the molecule is C[C@@H]1Oc2ccc(NC(=O)CS[C@@H](C)c3nc4ccccc4[nH]3)cc2NC1=O. The number of hydrogen-bond acceptors (Lipinski definition) is 5. The number of ether oxygens (including phenoxy) is 1. The summed E-state index contributed by atoms with van der Waals surface area (Å²) in [5.74, 6) is 1.41. The fourth-order valence-electron chi connectivity index (χ4n) is 2.93. The van der Waals surface area contributed by atoms with Crippen LogP contribution >= 0.6 is 11.8 Å². The van der Waals surface area contributed by atoms with Crippen molar-refractivity contribution >= 4 is 46.0 Å². The zero-order valence-corrected chi connectivity index (χ0v) is 16.3. The van der Waals surface area contributed by atoms with Gasteiger partial charge in [-0.3, -0.25) is 9.59 Å². The summed E-state index contributed by atoms with van der Waals surface area (Å²) in [5, 5.41) is 5.68. The van der Waals surface area contributed by atoms with Crippen molar-refractivity contribution in [3.63, 3.8) is 0 Å². The van der Waals surface area contributed by atoms with Crippen LogP contribution in [0.25, 0.3) is 11.0 Å². The van der Waals surface area contributed by atoms with Gasteiger partial charge in [0.05, 0.1) is 27.7 Å². The highest BCUT2D eigenvalue weighted by molar-refractivity contribution is 8.00. The Labute approximate surface area is 166 Å². The van der Waals surface area contributed by atoms with Crippen LogP contribution in [0.2, 0.25) is 0 Å². The maximum absolute atomic E-state index is 12.3. The van der Waals surface area contributed by atoms with Crippen LogP contribution in [-0.4, -0.2) is 33.6 Å². The lowest BCUT2D eigenvalue weighted by Gasteiger charge is -2.23. The molecule has 7 nitrogen and oxygen atoms in total. The molecule has 1 aliphatic rings. The maximum atomic E-state index is 12.3. The summed E-state index contributed by atoms with van der Waals surface area (Å²) in [6.07, 6.45) is -0.524. The van der Waals surface area contributed by atoms with Crippen molar-refractivity contribution in [2.24, 2.45) is 0 Å². The Morgan fingerprint density at radius 3 is 2.96 bits per heavy atom. The number of anilines is 2. The van der Waals surface area contributed by atoms with Gasteiger partial charge in [-0.15, -0.1) is 11.8 Å². The van der Waals surface area contributed by atoms with E-state index in [2.05, 4.69) is 20.6 Å². The Morgan fingerprint density at radius 1 is 1.32 bits per heavy atom. The third kappa shape index (κ3) is 3.82. The summed E-state index contributed by atoms with van der Waals surface area (Å²) in [5.41, 5.74) is 3.08. The minimum absolute atomic E-state index is 0.0517. The van der Waals surface area contributed by atoms with Crippen molar-refractivity contribution in [1.82, 2.24) is 9.97 Å². The highest BCUT2D eigenvalue weighted by Gasteiger charge is 2.23. The number of aromatic amines is 1. The van der Waals surface area contributed by atoms with Gasteiger partial charge in [0, 0.05) is 5.69 Å². The second kappa shape index (κ2) is 7.55. The number of para-hydroxylation sites is 2. The lowest BCUT2D eigenvalue weighted by atomic mass is 10.2. The Bertz CT molecular complexity index is 1020. The number of imidazole rings is 1. The van der Waals surface area contributed by atoms with E-state index in [0.717, 1.165) is 16.9 Å². The molecule has 3 N–H and O–H groups in total. The molecule has 0 radical (unpaired) electrons. The predicted octanol–water partition coefficient (Wildman–Crippen LogP) is 3.72. The smallest absolute Gasteiger partial charge is 0.265 e. The van der Waals surface area contributed by atoms with E-state index in [1.54, 1.807) is 25.1 Å².